The second kappa shape index (κ2) is 6.58. The van der Waals surface area contributed by atoms with Gasteiger partial charge in [0.1, 0.15) is 6.61 Å². The van der Waals surface area contributed by atoms with E-state index in [2.05, 4.69) is 5.32 Å². The summed E-state index contributed by atoms with van der Waals surface area (Å²) in [5, 5.41) is 3.61. The Balaban J connectivity index is 1.44. The van der Waals surface area contributed by atoms with Crippen LogP contribution < -0.4 is 5.32 Å². The number of benzene rings is 1. The van der Waals surface area contributed by atoms with E-state index in [0.29, 0.717) is 24.7 Å². The Morgan fingerprint density at radius 3 is 2.57 bits per heavy atom. The van der Waals surface area contributed by atoms with Gasteiger partial charge in [-0.1, -0.05) is 30.3 Å². The van der Waals surface area contributed by atoms with E-state index in [0.717, 1.165) is 18.4 Å². The Kier molecular flexibility index (Phi) is 4.56. The highest BCUT2D eigenvalue weighted by Gasteiger charge is 2.36. The summed E-state index contributed by atoms with van der Waals surface area (Å²) < 4.78 is 5.56. The van der Waals surface area contributed by atoms with Crippen molar-refractivity contribution in [2.45, 2.75) is 50.4 Å². The zero-order valence-electron chi connectivity index (χ0n) is 12.6. The maximum absolute atomic E-state index is 12.2. The van der Waals surface area contributed by atoms with E-state index in [1.807, 2.05) is 42.3 Å². The van der Waals surface area contributed by atoms with Crippen molar-refractivity contribution in [2.24, 2.45) is 0 Å². The van der Waals surface area contributed by atoms with Crippen molar-refractivity contribution in [2.75, 3.05) is 13.7 Å². The van der Waals surface area contributed by atoms with Gasteiger partial charge in [0.15, 0.2) is 0 Å². The molecule has 2 saturated heterocycles. The standard InChI is InChI=1S/C17H24N2O2/c1-19(16-9-14-7-8-15(10-16)18-14)17(20)12-21-11-13-5-3-2-4-6-13/h2-6,14-16,18H,7-12H2,1H3. The Labute approximate surface area is 126 Å². The van der Waals surface area contributed by atoms with E-state index in [9.17, 15) is 4.79 Å². The van der Waals surface area contributed by atoms with Crippen molar-refractivity contribution in [3.8, 4) is 0 Å². The maximum Gasteiger partial charge on any atom is 0.248 e. The fourth-order valence-corrected chi connectivity index (χ4v) is 3.48. The third kappa shape index (κ3) is 3.63. The molecule has 114 valence electrons. The van der Waals surface area contributed by atoms with E-state index < -0.39 is 0 Å². The average Bonchev–Trinajstić information content (AvgIpc) is 2.85. The summed E-state index contributed by atoms with van der Waals surface area (Å²) in [6, 6.07) is 11.6. The largest absolute Gasteiger partial charge is 0.367 e. The van der Waals surface area contributed by atoms with Gasteiger partial charge in [-0.3, -0.25) is 4.79 Å². The fourth-order valence-electron chi connectivity index (χ4n) is 3.48. The van der Waals surface area contributed by atoms with Crippen molar-refractivity contribution in [1.29, 1.82) is 0 Å². The molecular weight excluding hydrogens is 264 g/mol. The molecule has 2 aliphatic rings. The number of nitrogens with zero attached hydrogens (tertiary/aromatic N) is 1. The van der Waals surface area contributed by atoms with Crippen LogP contribution in [0, 0.1) is 0 Å². The van der Waals surface area contributed by atoms with Crippen molar-refractivity contribution in [3.63, 3.8) is 0 Å². The highest BCUT2D eigenvalue weighted by atomic mass is 16.5. The molecule has 2 bridgehead atoms. The van der Waals surface area contributed by atoms with Gasteiger partial charge in [0.2, 0.25) is 5.91 Å². The van der Waals surface area contributed by atoms with Crippen LogP contribution in [0.2, 0.25) is 0 Å². The zero-order valence-corrected chi connectivity index (χ0v) is 12.6. The number of rotatable bonds is 5. The summed E-state index contributed by atoms with van der Waals surface area (Å²) in [5.74, 6) is 0.0947. The minimum atomic E-state index is 0.0947. The Bertz CT molecular complexity index is 465. The smallest absolute Gasteiger partial charge is 0.248 e. The van der Waals surface area contributed by atoms with Gasteiger partial charge in [-0.25, -0.2) is 0 Å². The SMILES string of the molecule is CN(C(=O)COCc1ccccc1)C1CC2CCC(C1)N2. The topological polar surface area (TPSA) is 41.6 Å². The molecule has 4 heteroatoms. The number of hydrogen-bond acceptors (Lipinski definition) is 3. The van der Waals surface area contributed by atoms with Gasteiger partial charge in [0, 0.05) is 25.2 Å². The molecule has 1 aromatic carbocycles. The predicted octanol–water partition coefficient (Wildman–Crippen LogP) is 1.94. The van der Waals surface area contributed by atoms with E-state index in [1.165, 1.54) is 12.8 Å². The second-order valence-corrected chi connectivity index (χ2v) is 6.25. The highest BCUT2D eigenvalue weighted by molar-refractivity contribution is 5.77. The highest BCUT2D eigenvalue weighted by Crippen LogP contribution is 2.29. The van der Waals surface area contributed by atoms with Crippen LogP contribution in [0.5, 0.6) is 0 Å². The van der Waals surface area contributed by atoms with Crippen LogP contribution in [0.25, 0.3) is 0 Å². The van der Waals surface area contributed by atoms with Crippen LogP contribution in [0.15, 0.2) is 30.3 Å². The molecule has 0 radical (unpaired) electrons. The average molecular weight is 288 g/mol. The van der Waals surface area contributed by atoms with Gasteiger partial charge in [0.25, 0.3) is 0 Å². The van der Waals surface area contributed by atoms with E-state index >= 15 is 0 Å². The molecule has 2 unspecified atom stereocenters. The van der Waals surface area contributed by atoms with Gasteiger partial charge < -0.3 is 15.0 Å². The second-order valence-electron chi connectivity index (χ2n) is 6.25. The minimum Gasteiger partial charge on any atom is -0.367 e. The first-order valence-corrected chi connectivity index (χ1v) is 7.86. The number of hydrogen-bond donors (Lipinski definition) is 1. The van der Waals surface area contributed by atoms with E-state index in [-0.39, 0.29) is 12.5 Å². The number of ether oxygens (including phenoxy) is 1. The third-order valence-corrected chi connectivity index (χ3v) is 4.73. The van der Waals surface area contributed by atoms with Gasteiger partial charge in [0.05, 0.1) is 6.61 Å². The van der Waals surface area contributed by atoms with Crippen LogP contribution in [0.1, 0.15) is 31.2 Å². The lowest BCUT2D eigenvalue weighted by molar-refractivity contribution is -0.138. The van der Waals surface area contributed by atoms with E-state index in [4.69, 9.17) is 4.74 Å². The summed E-state index contributed by atoms with van der Waals surface area (Å²) >= 11 is 0. The number of likely N-dealkylation sites (N-methyl/N-ethyl adjacent to an activating group) is 1. The quantitative estimate of drug-likeness (QED) is 0.900. The predicted molar refractivity (Wildman–Crippen MR) is 81.8 cm³/mol. The number of fused-ring (bicyclic) bond motifs is 2. The maximum atomic E-state index is 12.2. The molecule has 2 aliphatic heterocycles. The summed E-state index contributed by atoms with van der Waals surface area (Å²) in [5.41, 5.74) is 1.10. The molecule has 2 fully saturated rings. The van der Waals surface area contributed by atoms with Crippen molar-refractivity contribution < 1.29 is 9.53 Å². The van der Waals surface area contributed by atoms with Crippen LogP contribution in [-0.4, -0.2) is 42.6 Å². The number of carbonyl (C=O) groups excluding carboxylic acids is 1. The van der Waals surface area contributed by atoms with Gasteiger partial charge in [-0.05, 0) is 31.2 Å². The molecule has 4 nitrogen and oxygen atoms in total. The van der Waals surface area contributed by atoms with Gasteiger partial charge in [-0.2, -0.15) is 0 Å². The molecule has 2 atom stereocenters. The number of piperidine rings is 1. The van der Waals surface area contributed by atoms with Crippen molar-refractivity contribution in [3.05, 3.63) is 35.9 Å². The van der Waals surface area contributed by atoms with Crippen LogP contribution in [0.4, 0.5) is 0 Å². The molecule has 2 heterocycles. The molecule has 0 aliphatic carbocycles. The summed E-state index contributed by atoms with van der Waals surface area (Å²) in [4.78, 5) is 14.1. The van der Waals surface area contributed by atoms with Crippen molar-refractivity contribution >= 4 is 5.91 Å². The monoisotopic (exact) mass is 288 g/mol. The lowest BCUT2D eigenvalue weighted by Crippen LogP contribution is -2.49. The molecular formula is C17H24N2O2. The first kappa shape index (κ1) is 14.5. The van der Waals surface area contributed by atoms with Crippen LogP contribution in [0.3, 0.4) is 0 Å². The lowest BCUT2D eigenvalue weighted by atomic mass is 9.98. The molecule has 0 saturated carbocycles. The molecule has 1 amide bonds. The third-order valence-electron chi connectivity index (χ3n) is 4.73. The minimum absolute atomic E-state index is 0.0947. The molecule has 21 heavy (non-hydrogen) atoms. The number of carbonyl (C=O) groups is 1. The lowest BCUT2D eigenvalue weighted by Gasteiger charge is -2.35. The summed E-state index contributed by atoms with van der Waals surface area (Å²) in [6.07, 6.45) is 4.68. The number of amides is 1. The first-order valence-electron chi connectivity index (χ1n) is 7.86. The normalized spacial score (nSPS) is 27.6. The van der Waals surface area contributed by atoms with E-state index in [1.54, 1.807) is 0 Å². The zero-order chi connectivity index (χ0) is 14.7. The Hall–Kier alpha value is -1.39. The summed E-state index contributed by atoms with van der Waals surface area (Å²) in [6.45, 7) is 0.669. The molecule has 3 rings (SSSR count). The Morgan fingerprint density at radius 1 is 1.24 bits per heavy atom. The summed E-state index contributed by atoms with van der Waals surface area (Å²) in [7, 11) is 1.92. The van der Waals surface area contributed by atoms with Crippen LogP contribution in [-0.2, 0) is 16.1 Å². The Morgan fingerprint density at radius 2 is 1.90 bits per heavy atom. The van der Waals surface area contributed by atoms with Crippen LogP contribution >= 0.6 is 0 Å². The molecule has 1 aromatic rings. The fraction of sp³-hybridized carbons (Fsp3) is 0.588. The molecule has 1 N–H and O–H groups in total. The molecule has 0 spiro atoms. The van der Waals surface area contributed by atoms with Crippen molar-refractivity contribution in [1.82, 2.24) is 10.2 Å². The number of nitrogens with one attached hydrogen (secondary N) is 1. The first-order chi connectivity index (χ1) is 10.2. The van der Waals surface area contributed by atoms with Gasteiger partial charge >= 0.3 is 0 Å². The molecule has 0 aromatic heterocycles. The van der Waals surface area contributed by atoms with Gasteiger partial charge in [-0.15, -0.1) is 0 Å².